The van der Waals surface area contributed by atoms with Gasteiger partial charge in [-0.15, -0.1) is 0 Å². The Morgan fingerprint density at radius 3 is 2.50 bits per heavy atom. The number of pyridine rings is 1. The average molecular weight is 193 g/mol. The molecule has 1 rings (SSSR count). The van der Waals surface area contributed by atoms with Crippen LogP contribution in [0.5, 0.6) is 5.88 Å². The van der Waals surface area contributed by atoms with Gasteiger partial charge in [0.2, 0.25) is 5.88 Å². The zero-order valence-corrected chi connectivity index (χ0v) is 9.72. The lowest BCUT2D eigenvalue weighted by Gasteiger charge is -2.15. The Kier molecular flexibility index (Phi) is 3.50. The van der Waals surface area contributed by atoms with Crippen molar-refractivity contribution in [1.82, 2.24) is 4.98 Å². The van der Waals surface area contributed by atoms with Gasteiger partial charge >= 0.3 is 0 Å². The van der Waals surface area contributed by atoms with Crippen LogP contribution in [0.25, 0.3) is 0 Å². The molecule has 0 aliphatic carbocycles. The van der Waals surface area contributed by atoms with Crippen molar-refractivity contribution in [1.29, 1.82) is 0 Å². The second-order valence-corrected chi connectivity index (χ2v) is 3.87. The molecule has 0 saturated heterocycles. The first-order chi connectivity index (χ1) is 6.57. The number of rotatable bonds is 3. The Morgan fingerprint density at radius 1 is 1.36 bits per heavy atom. The van der Waals surface area contributed by atoms with Gasteiger partial charge in [-0.05, 0) is 37.8 Å². The van der Waals surface area contributed by atoms with Crippen LogP contribution in [0.3, 0.4) is 0 Å². The highest BCUT2D eigenvalue weighted by Gasteiger charge is 2.12. The van der Waals surface area contributed by atoms with Gasteiger partial charge in [-0.3, -0.25) is 0 Å². The maximum absolute atomic E-state index is 5.47. The third kappa shape index (κ3) is 2.06. The van der Waals surface area contributed by atoms with E-state index >= 15 is 0 Å². The Hall–Kier alpha value is -1.05. The minimum absolute atomic E-state index is 0.525. The van der Waals surface area contributed by atoms with E-state index < -0.39 is 0 Å². The van der Waals surface area contributed by atoms with E-state index in [2.05, 4.69) is 32.7 Å². The first kappa shape index (κ1) is 11.0. The summed E-state index contributed by atoms with van der Waals surface area (Å²) >= 11 is 0. The summed E-state index contributed by atoms with van der Waals surface area (Å²) in [4.78, 5) is 4.29. The van der Waals surface area contributed by atoms with Crippen molar-refractivity contribution >= 4 is 0 Å². The summed E-state index contributed by atoms with van der Waals surface area (Å²) < 4.78 is 5.47. The van der Waals surface area contributed by atoms with Crippen LogP contribution in [-0.4, -0.2) is 11.6 Å². The standard InChI is InChI=1S/C12H19NO/c1-6-14-12-10(5)11(8(2)3)9(4)7-13-12/h7-8H,6H2,1-5H3. The van der Waals surface area contributed by atoms with Crippen LogP contribution < -0.4 is 4.74 Å². The predicted octanol–water partition coefficient (Wildman–Crippen LogP) is 3.22. The van der Waals surface area contributed by atoms with Crippen molar-refractivity contribution in [3.63, 3.8) is 0 Å². The maximum atomic E-state index is 5.47. The first-order valence-corrected chi connectivity index (χ1v) is 5.16. The monoisotopic (exact) mass is 193 g/mol. The lowest BCUT2D eigenvalue weighted by Crippen LogP contribution is -2.03. The van der Waals surface area contributed by atoms with E-state index in [9.17, 15) is 0 Å². The molecular weight excluding hydrogens is 174 g/mol. The normalized spacial score (nSPS) is 10.7. The number of aromatic nitrogens is 1. The number of aryl methyl sites for hydroxylation is 1. The summed E-state index contributed by atoms with van der Waals surface area (Å²) in [7, 11) is 0. The summed E-state index contributed by atoms with van der Waals surface area (Å²) in [5, 5.41) is 0. The van der Waals surface area contributed by atoms with Gasteiger partial charge < -0.3 is 4.74 Å². The van der Waals surface area contributed by atoms with Crippen LogP contribution in [-0.2, 0) is 0 Å². The van der Waals surface area contributed by atoms with Crippen molar-refractivity contribution < 1.29 is 4.74 Å². The minimum atomic E-state index is 0.525. The van der Waals surface area contributed by atoms with E-state index in [0.717, 1.165) is 5.88 Å². The summed E-state index contributed by atoms with van der Waals surface area (Å²) in [6, 6.07) is 0. The molecule has 0 aliphatic heterocycles. The Bertz CT molecular complexity index is 318. The van der Waals surface area contributed by atoms with Crippen LogP contribution in [0.15, 0.2) is 6.20 Å². The third-order valence-electron chi connectivity index (χ3n) is 2.38. The highest BCUT2D eigenvalue weighted by atomic mass is 16.5. The summed E-state index contributed by atoms with van der Waals surface area (Å²) in [6.45, 7) is 11.2. The van der Waals surface area contributed by atoms with E-state index in [0.29, 0.717) is 12.5 Å². The lowest BCUT2D eigenvalue weighted by atomic mass is 9.95. The van der Waals surface area contributed by atoms with Gasteiger partial charge in [0.05, 0.1) is 6.61 Å². The predicted molar refractivity (Wildman–Crippen MR) is 59.0 cm³/mol. The number of nitrogens with zero attached hydrogens (tertiary/aromatic N) is 1. The molecule has 1 aromatic heterocycles. The molecule has 14 heavy (non-hydrogen) atoms. The van der Waals surface area contributed by atoms with Crippen molar-refractivity contribution in [3.05, 3.63) is 22.9 Å². The molecule has 2 nitrogen and oxygen atoms in total. The highest BCUT2D eigenvalue weighted by molar-refractivity contribution is 5.40. The van der Waals surface area contributed by atoms with Gasteiger partial charge in [-0.25, -0.2) is 4.98 Å². The van der Waals surface area contributed by atoms with E-state index in [1.807, 2.05) is 13.1 Å². The summed E-state index contributed by atoms with van der Waals surface area (Å²) in [5.74, 6) is 1.30. The van der Waals surface area contributed by atoms with Crippen LogP contribution in [0, 0.1) is 13.8 Å². The summed E-state index contributed by atoms with van der Waals surface area (Å²) in [5.41, 5.74) is 3.80. The zero-order valence-electron chi connectivity index (χ0n) is 9.72. The van der Waals surface area contributed by atoms with Gasteiger partial charge in [0.15, 0.2) is 0 Å². The van der Waals surface area contributed by atoms with Crippen molar-refractivity contribution in [2.24, 2.45) is 0 Å². The molecule has 0 aliphatic rings. The van der Waals surface area contributed by atoms with Gasteiger partial charge in [-0.2, -0.15) is 0 Å². The Morgan fingerprint density at radius 2 is 2.00 bits per heavy atom. The second kappa shape index (κ2) is 4.45. The number of hydrogen-bond donors (Lipinski definition) is 0. The molecule has 0 amide bonds. The molecule has 0 atom stereocenters. The van der Waals surface area contributed by atoms with E-state index in [4.69, 9.17) is 4.74 Å². The molecule has 0 saturated carbocycles. The minimum Gasteiger partial charge on any atom is -0.478 e. The van der Waals surface area contributed by atoms with Crippen LogP contribution in [0.1, 0.15) is 43.4 Å². The summed E-state index contributed by atoms with van der Waals surface area (Å²) in [6.07, 6.45) is 1.90. The Labute approximate surface area is 86.3 Å². The molecule has 0 spiro atoms. The molecule has 0 aromatic carbocycles. The molecule has 0 radical (unpaired) electrons. The smallest absolute Gasteiger partial charge is 0.216 e. The lowest BCUT2D eigenvalue weighted by molar-refractivity contribution is 0.323. The Balaban J connectivity index is 3.19. The maximum Gasteiger partial charge on any atom is 0.216 e. The van der Waals surface area contributed by atoms with Gasteiger partial charge in [0, 0.05) is 11.8 Å². The molecule has 0 bridgehead atoms. The van der Waals surface area contributed by atoms with Gasteiger partial charge in [0.25, 0.3) is 0 Å². The van der Waals surface area contributed by atoms with Crippen molar-refractivity contribution in [2.45, 2.75) is 40.5 Å². The van der Waals surface area contributed by atoms with Crippen LogP contribution in [0.4, 0.5) is 0 Å². The van der Waals surface area contributed by atoms with Gasteiger partial charge in [-0.1, -0.05) is 13.8 Å². The third-order valence-corrected chi connectivity index (χ3v) is 2.38. The van der Waals surface area contributed by atoms with E-state index in [-0.39, 0.29) is 0 Å². The molecule has 2 heteroatoms. The van der Waals surface area contributed by atoms with Crippen molar-refractivity contribution in [3.8, 4) is 5.88 Å². The van der Waals surface area contributed by atoms with Crippen molar-refractivity contribution in [2.75, 3.05) is 6.61 Å². The van der Waals surface area contributed by atoms with Gasteiger partial charge in [0.1, 0.15) is 0 Å². The second-order valence-electron chi connectivity index (χ2n) is 3.87. The molecule has 1 heterocycles. The topological polar surface area (TPSA) is 22.1 Å². The fraction of sp³-hybridized carbons (Fsp3) is 0.583. The average Bonchev–Trinajstić information content (AvgIpc) is 2.10. The zero-order chi connectivity index (χ0) is 10.7. The molecule has 0 N–H and O–H groups in total. The fourth-order valence-corrected chi connectivity index (χ4v) is 1.90. The van der Waals surface area contributed by atoms with E-state index in [1.54, 1.807) is 0 Å². The molecule has 78 valence electrons. The molecule has 1 aromatic rings. The molecular formula is C12H19NO. The SMILES string of the molecule is CCOc1ncc(C)c(C(C)C)c1C. The first-order valence-electron chi connectivity index (χ1n) is 5.16. The largest absolute Gasteiger partial charge is 0.478 e. The van der Waals surface area contributed by atoms with E-state index in [1.165, 1.54) is 16.7 Å². The molecule has 0 fully saturated rings. The number of ether oxygens (including phenoxy) is 1. The quantitative estimate of drug-likeness (QED) is 0.735. The highest BCUT2D eigenvalue weighted by Crippen LogP contribution is 2.27. The van der Waals surface area contributed by atoms with Crippen LogP contribution in [0.2, 0.25) is 0 Å². The fourth-order valence-electron chi connectivity index (χ4n) is 1.90. The molecule has 0 unspecified atom stereocenters. The van der Waals surface area contributed by atoms with Crippen LogP contribution >= 0.6 is 0 Å². The number of hydrogen-bond acceptors (Lipinski definition) is 2.